The smallest absolute Gasteiger partial charge is 0.172 e. The lowest BCUT2D eigenvalue weighted by Crippen LogP contribution is -2.15. The van der Waals surface area contributed by atoms with E-state index < -0.39 is 0 Å². The first kappa shape index (κ1) is 11.8. The van der Waals surface area contributed by atoms with Crippen LogP contribution in [0.4, 0.5) is 0 Å². The van der Waals surface area contributed by atoms with Crippen molar-refractivity contribution in [2.24, 2.45) is 0 Å². The van der Waals surface area contributed by atoms with Gasteiger partial charge in [0.1, 0.15) is 19.0 Å². The molecule has 0 amide bonds. The molecule has 1 N–H and O–H groups in total. The van der Waals surface area contributed by atoms with Crippen molar-refractivity contribution < 1.29 is 9.47 Å². The predicted octanol–water partition coefficient (Wildman–Crippen LogP) is 2.87. The highest BCUT2D eigenvalue weighted by atomic mass is 16.6. The molecule has 1 aliphatic rings. The molecule has 0 atom stereocenters. The summed E-state index contributed by atoms with van der Waals surface area (Å²) in [6, 6.07) is 13.2. The molecule has 21 heavy (non-hydrogen) atoms. The van der Waals surface area contributed by atoms with Crippen LogP contribution in [0.3, 0.4) is 0 Å². The number of H-pyrrole nitrogens is 1. The summed E-state index contributed by atoms with van der Waals surface area (Å²) < 4.78 is 11.3. The molecule has 0 radical (unpaired) electrons. The second kappa shape index (κ2) is 4.53. The van der Waals surface area contributed by atoms with Crippen LogP contribution in [0, 0.1) is 11.3 Å². The summed E-state index contributed by atoms with van der Waals surface area (Å²) in [7, 11) is 0. The zero-order valence-corrected chi connectivity index (χ0v) is 11.1. The van der Waals surface area contributed by atoms with Gasteiger partial charge in [-0.3, -0.25) is 0 Å². The lowest BCUT2D eigenvalue weighted by Gasteiger charge is -2.20. The molecule has 2 heterocycles. The minimum absolute atomic E-state index is 0.531. The Morgan fingerprint density at radius 1 is 1.14 bits per heavy atom. The number of hydrogen-bond donors (Lipinski definition) is 1. The van der Waals surface area contributed by atoms with Crippen LogP contribution in [0.5, 0.6) is 11.5 Å². The molecule has 0 bridgehead atoms. The zero-order valence-electron chi connectivity index (χ0n) is 11.1. The second-order valence-corrected chi connectivity index (χ2v) is 4.76. The summed E-state index contributed by atoms with van der Waals surface area (Å²) >= 11 is 0. The zero-order chi connectivity index (χ0) is 14.2. The van der Waals surface area contributed by atoms with Gasteiger partial charge in [-0.25, -0.2) is 4.98 Å². The number of nitrogens with one attached hydrogen (secondary N) is 1. The van der Waals surface area contributed by atoms with Crippen molar-refractivity contribution in [2.75, 3.05) is 13.2 Å². The monoisotopic (exact) mass is 277 g/mol. The quantitative estimate of drug-likeness (QED) is 0.742. The van der Waals surface area contributed by atoms with Crippen LogP contribution in [0.2, 0.25) is 0 Å². The summed E-state index contributed by atoms with van der Waals surface area (Å²) in [6.07, 6.45) is 0. The lowest BCUT2D eigenvalue weighted by molar-refractivity contribution is 0.172. The number of rotatable bonds is 1. The first-order chi connectivity index (χ1) is 10.3. The van der Waals surface area contributed by atoms with E-state index in [-0.39, 0.29) is 0 Å². The molecular weight excluding hydrogens is 266 g/mol. The molecule has 4 rings (SSSR count). The van der Waals surface area contributed by atoms with E-state index >= 15 is 0 Å². The maximum Gasteiger partial charge on any atom is 0.172 e. The first-order valence-corrected chi connectivity index (χ1v) is 6.64. The minimum Gasteiger partial charge on any atom is -0.486 e. The Morgan fingerprint density at radius 3 is 2.95 bits per heavy atom. The van der Waals surface area contributed by atoms with Gasteiger partial charge in [-0.15, -0.1) is 0 Å². The minimum atomic E-state index is 0.531. The Balaban J connectivity index is 1.89. The fourth-order valence-electron chi connectivity index (χ4n) is 2.47. The third-order valence-electron chi connectivity index (χ3n) is 3.43. The van der Waals surface area contributed by atoms with Crippen molar-refractivity contribution in [3.05, 3.63) is 42.0 Å². The third-order valence-corrected chi connectivity index (χ3v) is 3.43. The van der Waals surface area contributed by atoms with E-state index in [9.17, 15) is 0 Å². The topological polar surface area (TPSA) is 70.9 Å². The van der Waals surface area contributed by atoms with Gasteiger partial charge in [-0.05, 0) is 30.3 Å². The van der Waals surface area contributed by atoms with Gasteiger partial charge in [-0.1, -0.05) is 6.07 Å². The highest BCUT2D eigenvalue weighted by Crippen LogP contribution is 2.39. The number of para-hydroxylation sites is 1. The van der Waals surface area contributed by atoms with Crippen LogP contribution >= 0.6 is 0 Å². The molecule has 0 unspecified atom stereocenters. The summed E-state index contributed by atoms with van der Waals surface area (Å²) in [5.74, 6) is 2.16. The Morgan fingerprint density at radius 2 is 2.05 bits per heavy atom. The highest BCUT2D eigenvalue weighted by molar-refractivity contribution is 5.82. The molecule has 102 valence electrons. The molecule has 0 fully saturated rings. The van der Waals surface area contributed by atoms with Crippen LogP contribution in [-0.4, -0.2) is 23.2 Å². The molecule has 5 heteroatoms. The lowest BCUT2D eigenvalue weighted by atomic mass is 10.1. The number of nitrogens with zero attached hydrogens (tertiary/aromatic N) is 2. The van der Waals surface area contributed by atoms with E-state index in [2.05, 4.69) is 16.0 Å². The van der Waals surface area contributed by atoms with Gasteiger partial charge in [0.25, 0.3) is 0 Å². The van der Waals surface area contributed by atoms with E-state index in [1.165, 1.54) is 0 Å². The maximum atomic E-state index is 8.96. The molecule has 1 aliphatic heterocycles. The molecule has 3 aromatic rings. The van der Waals surface area contributed by atoms with Gasteiger partial charge < -0.3 is 14.5 Å². The van der Waals surface area contributed by atoms with E-state index in [4.69, 9.17) is 14.7 Å². The normalized spacial score (nSPS) is 13.1. The molecule has 1 aromatic heterocycles. The van der Waals surface area contributed by atoms with Gasteiger partial charge in [-0.2, -0.15) is 5.26 Å². The van der Waals surface area contributed by atoms with Gasteiger partial charge in [0.15, 0.2) is 11.5 Å². The number of benzene rings is 2. The van der Waals surface area contributed by atoms with Crippen molar-refractivity contribution in [3.63, 3.8) is 0 Å². The fraction of sp³-hybridized carbons (Fsp3) is 0.125. The molecule has 0 aliphatic carbocycles. The number of aromatic nitrogens is 2. The van der Waals surface area contributed by atoms with Crippen molar-refractivity contribution in [1.29, 1.82) is 5.26 Å². The standard InChI is InChI=1S/C16H11N3O2/c17-9-10-4-5-12-13(8-10)19-16(18-12)11-2-1-3-14-15(11)21-7-6-20-14/h1-5,8H,6-7H2,(H,18,19). The second-order valence-electron chi connectivity index (χ2n) is 4.76. The van der Waals surface area contributed by atoms with Gasteiger partial charge >= 0.3 is 0 Å². The van der Waals surface area contributed by atoms with Crippen LogP contribution in [0.25, 0.3) is 22.4 Å². The van der Waals surface area contributed by atoms with Gasteiger partial charge in [0.2, 0.25) is 0 Å². The van der Waals surface area contributed by atoms with Crippen LogP contribution in [0.15, 0.2) is 36.4 Å². The van der Waals surface area contributed by atoms with Crippen LogP contribution < -0.4 is 9.47 Å². The molecule has 5 nitrogen and oxygen atoms in total. The summed E-state index contributed by atoms with van der Waals surface area (Å²) in [5, 5.41) is 8.96. The summed E-state index contributed by atoms with van der Waals surface area (Å²) in [6.45, 7) is 1.09. The van der Waals surface area contributed by atoms with Crippen molar-refractivity contribution in [2.45, 2.75) is 0 Å². The molecule has 0 saturated heterocycles. The Hall–Kier alpha value is -3.00. The molecule has 2 aromatic carbocycles. The molecule has 0 saturated carbocycles. The van der Waals surface area contributed by atoms with E-state index in [0.717, 1.165) is 22.3 Å². The average molecular weight is 277 g/mol. The van der Waals surface area contributed by atoms with Crippen LogP contribution in [-0.2, 0) is 0 Å². The van der Waals surface area contributed by atoms with Crippen molar-refractivity contribution in [1.82, 2.24) is 9.97 Å². The predicted molar refractivity (Wildman–Crippen MR) is 77.2 cm³/mol. The third kappa shape index (κ3) is 1.89. The Labute approximate surface area is 120 Å². The largest absolute Gasteiger partial charge is 0.486 e. The molecule has 0 spiro atoms. The summed E-state index contributed by atoms with van der Waals surface area (Å²) in [4.78, 5) is 7.80. The number of fused-ring (bicyclic) bond motifs is 2. The number of hydrogen-bond acceptors (Lipinski definition) is 4. The fourth-order valence-corrected chi connectivity index (χ4v) is 2.47. The van der Waals surface area contributed by atoms with Gasteiger partial charge in [0, 0.05) is 0 Å². The SMILES string of the molecule is N#Cc1ccc2nc(-c3cccc4c3OCCO4)[nH]c2c1. The van der Waals surface area contributed by atoms with Crippen molar-refractivity contribution in [3.8, 4) is 29.0 Å². The Kier molecular flexibility index (Phi) is 2.54. The number of ether oxygens (including phenoxy) is 2. The average Bonchev–Trinajstić information content (AvgIpc) is 2.97. The Bertz CT molecular complexity index is 877. The van der Waals surface area contributed by atoms with E-state index in [1.54, 1.807) is 12.1 Å². The number of aromatic amines is 1. The van der Waals surface area contributed by atoms with Crippen molar-refractivity contribution >= 4 is 11.0 Å². The first-order valence-electron chi connectivity index (χ1n) is 6.64. The molecular formula is C16H11N3O2. The van der Waals surface area contributed by atoms with E-state index in [1.807, 2.05) is 24.3 Å². The van der Waals surface area contributed by atoms with Crippen LogP contribution in [0.1, 0.15) is 5.56 Å². The maximum absolute atomic E-state index is 8.96. The summed E-state index contributed by atoms with van der Waals surface area (Å²) in [5.41, 5.74) is 3.12. The number of nitriles is 1. The number of imidazole rings is 1. The van der Waals surface area contributed by atoms with E-state index in [0.29, 0.717) is 30.4 Å². The van der Waals surface area contributed by atoms with Gasteiger partial charge in [0.05, 0.1) is 28.2 Å². The highest BCUT2D eigenvalue weighted by Gasteiger charge is 2.18.